The summed E-state index contributed by atoms with van der Waals surface area (Å²) >= 11 is 0. The van der Waals surface area contributed by atoms with E-state index in [9.17, 15) is 9.59 Å². The Morgan fingerprint density at radius 1 is 1.44 bits per heavy atom. The summed E-state index contributed by atoms with van der Waals surface area (Å²) in [6.45, 7) is 1.34. The van der Waals surface area contributed by atoms with Crippen LogP contribution in [0.5, 0.6) is 5.75 Å². The molecule has 0 bridgehead atoms. The van der Waals surface area contributed by atoms with Crippen LogP contribution >= 0.6 is 0 Å². The Balaban J connectivity index is 2.80. The average molecular weight is 222 g/mol. The molecule has 0 spiro atoms. The smallest absolute Gasteiger partial charge is 0.318 e. The summed E-state index contributed by atoms with van der Waals surface area (Å²) in [6, 6.07) is 3.31. The molecule has 1 aromatic rings. The molecule has 5 nitrogen and oxygen atoms in total. The second kappa shape index (κ2) is 5.25. The normalized spacial score (nSPS) is 9.69. The molecule has 16 heavy (non-hydrogen) atoms. The Hall–Kier alpha value is -1.91. The third-order valence-electron chi connectivity index (χ3n) is 1.79. The molecule has 0 unspecified atom stereocenters. The first-order valence-electron chi connectivity index (χ1n) is 4.83. The minimum absolute atomic E-state index is 0.220. The molecule has 0 aliphatic carbocycles. The molecule has 86 valence electrons. The fourth-order valence-corrected chi connectivity index (χ4v) is 1.16. The largest absolute Gasteiger partial charge is 0.422 e. The summed E-state index contributed by atoms with van der Waals surface area (Å²) in [4.78, 5) is 27.9. The fraction of sp³-hybridized carbons (Fsp3) is 0.364. The SMILES string of the molecule is CC(=O)CC(=O)Oc1cccnc1N(C)C. The Bertz CT molecular complexity index is 402. The van der Waals surface area contributed by atoms with E-state index in [1.807, 2.05) is 0 Å². The van der Waals surface area contributed by atoms with Crippen LogP contribution in [0.4, 0.5) is 5.82 Å². The van der Waals surface area contributed by atoms with Gasteiger partial charge in [0.15, 0.2) is 11.6 Å². The molecule has 0 fully saturated rings. The lowest BCUT2D eigenvalue weighted by molar-refractivity contribution is -0.137. The Kier molecular flexibility index (Phi) is 3.99. The van der Waals surface area contributed by atoms with Gasteiger partial charge in [0, 0.05) is 20.3 Å². The van der Waals surface area contributed by atoms with Crippen molar-refractivity contribution in [2.75, 3.05) is 19.0 Å². The highest BCUT2D eigenvalue weighted by molar-refractivity contribution is 5.95. The molecule has 1 heterocycles. The van der Waals surface area contributed by atoms with Crippen molar-refractivity contribution in [1.29, 1.82) is 0 Å². The van der Waals surface area contributed by atoms with Crippen LogP contribution in [-0.2, 0) is 9.59 Å². The first-order chi connectivity index (χ1) is 7.50. The highest BCUT2D eigenvalue weighted by Gasteiger charge is 2.12. The number of esters is 1. The van der Waals surface area contributed by atoms with E-state index < -0.39 is 5.97 Å². The van der Waals surface area contributed by atoms with E-state index in [2.05, 4.69) is 4.98 Å². The second-order valence-corrected chi connectivity index (χ2v) is 3.57. The van der Waals surface area contributed by atoms with Crippen molar-refractivity contribution in [3.05, 3.63) is 18.3 Å². The Morgan fingerprint density at radius 2 is 2.12 bits per heavy atom. The first kappa shape index (κ1) is 12.2. The monoisotopic (exact) mass is 222 g/mol. The lowest BCUT2D eigenvalue weighted by Gasteiger charge is -2.14. The summed E-state index contributed by atoms with van der Waals surface area (Å²) < 4.78 is 5.05. The summed E-state index contributed by atoms with van der Waals surface area (Å²) in [5, 5.41) is 0. The van der Waals surface area contributed by atoms with Gasteiger partial charge in [-0.1, -0.05) is 0 Å². The van der Waals surface area contributed by atoms with E-state index in [1.165, 1.54) is 6.92 Å². The van der Waals surface area contributed by atoms with Crippen LogP contribution in [0.1, 0.15) is 13.3 Å². The van der Waals surface area contributed by atoms with Crippen LogP contribution in [0.3, 0.4) is 0 Å². The van der Waals surface area contributed by atoms with Gasteiger partial charge in [-0.05, 0) is 19.1 Å². The second-order valence-electron chi connectivity index (χ2n) is 3.57. The minimum Gasteiger partial charge on any atom is -0.422 e. The van der Waals surface area contributed by atoms with Crippen molar-refractivity contribution in [3.8, 4) is 5.75 Å². The molecule has 5 heteroatoms. The topological polar surface area (TPSA) is 59.5 Å². The van der Waals surface area contributed by atoms with Crippen LogP contribution in [0.2, 0.25) is 0 Å². The number of anilines is 1. The molecule has 0 atom stereocenters. The molecule has 0 aromatic carbocycles. The molecule has 0 aliphatic heterocycles. The van der Waals surface area contributed by atoms with Gasteiger partial charge >= 0.3 is 5.97 Å². The zero-order chi connectivity index (χ0) is 12.1. The summed E-state index contributed by atoms with van der Waals surface area (Å²) in [5.41, 5.74) is 0. The molecule has 0 radical (unpaired) electrons. The number of ether oxygens (including phenoxy) is 1. The zero-order valence-corrected chi connectivity index (χ0v) is 9.56. The van der Waals surface area contributed by atoms with Crippen molar-refractivity contribution in [2.24, 2.45) is 0 Å². The number of hydrogen-bond donors (Lipinski definition) is 0. The number of Topliss-reactive ketones (excluding diaryl/α,β-unsaturated/α-hetero) is 1. The quantitative estimate of drug-likeness (QED) is 0.562. The lowest BCUT2D eigenvalue weighted by Crippen LogP contribution is -2.16. The maximum absolute atomic E-state index is 11.3. The van der Waals surface area contributed by atoms with Crippen LogP contribution in [0.15, 0.2) is 18.3 Å². The van der Waals surface area contributed by atoms with Crippen molar-refractivity contribution in [2.45, 2.75) is 13.3 Å². The Labute approximate surface area is 94.0 Å². The maximum atomic E-state index is 11.3. The van der Waals surface area contributed by atoms with E-state index >= 15 is 0 Å². The standard InChI is InChI=1S/C11H14N2O3/c1-8(14)7-10(15)16-9-5-4-6-12-11(9)13(2)3/h4-6H,7H2,1-3H3. The number of aromatic nitrogens is 1. The van der Waals surface area contributed by atoms with Gasteiger partial charge in [-0.3, -0.25) is 9.59 Å². The molecular weight excluding hydrogens is 208 g/mol. The lowest BCUT2D eigenvalue weighted by atomic mass is 10.3. The number of pyridine rings is 1. The highest BCUT2D eigenvalue weighted by Crippen LogP contribution is 2.23. The van der Waals surface area contributed by atoms with Gasteiger partial charge in [0.1, 0.15) is 12.2 Å². The Morgan fingerprint density at radius 3 is 2.69 bits per heavy atom. The number of carbonyl (C=O) groups excluding carboxylic acids is 2. The molecule has 0 amide bonds. The predicted molar refractivity (Wildman–Crippen MR) is 59.5 cm³/mol. The van der Waals surface area contributed by atoms with Crippen molar-refractivity contribution in [1.82, 2.24) is 4.98 Å². The van der Waals surface area contributed by atoms with Crippen LogP contribution in [-0.4, -0.2) is 30.8 Å². The molecule has 0 aliphatic rings. The van der Waals surface area contributed by atoms with Gasteiger partial charge in [-0.15, -0.1) is 0 Å². The van der Waals surface area contributed by atoms with E-state index in [-0.39, 0.29) is 12.2 Å². The molecular formula is C11H14N2O3. The third-order valence-corrected chi connectivity index (χ3v) is 1.79. The number of carbonyl (C=O) groups is 2. The van der Waals surface area contributed by atoms with Gasteiger partial charge in [0.05, 0.1) is 0 Å². The van der Waals surface area contributed by atoms with Crippen molar-refractivity contribution < 1.29 is 14.3 Å². The first-order valence-corrected chi connectivity index (χ1v) is 4.83. The molecule has 0 N–H and O–H groups in total. The summed E-state index contributed by atoms with van der Waals surface area (Å²) in [5.74, 6) is 0.127. The summed E-state index contributed by atoms with van der Waals surface area (Å²) in [7, 11) is 3.59. The molecule has 0 saturated heterocycles. The summed E-state index contributed by atoms with van der Waals surface area (Å²) in [6.07, 6.45) is 1.39. The third kappa shape index (κ3) is 3.34. The van der Waals surface area contributed by atoms with Crippen molar-refractivity contribution >= 4 is 17.6 Å². The molecule has 1 aromatic heterocycles. The van der Waals surface area contributed by atoms with Gasteiger partial charge in [-0.2, -0.15) is 0 Å². The average Bonchev–Trinajstić information content (AvgIpc) is 2.16. The molecule has 1 rings (SSSR count). The molecule has 0 saturated carbocycles. The minimum atomic E-state index is -0.566. The van der Waals surface area contributed by atoms with E-state index in [0.717, 1.165) is 0 Å². The van der Waals surface area contributed by atoms with Gasteiger partial charge < -0.3 is 9.64 Å². The highest BCUT2D eigenvalue weighted by atomic mass is 16.5. The zero-order valence-electron chi connectivity index (χ0n) is 9.56. The predicted octanol–water partition coefficient (Wildman–Crippen LogP) is 1.03. The number of nitrogens with zero attached hydrogens (tertiary/aromatic N) is 2. The van der Waals surface area contributed by atoms with Crippen LogP contribution < -0.4 is 9.64 Å². The van der Waals surface area contributed by atoms with E-state index in [1.54, 1.807) is 37.3 Å². The van der Waals surface area contributed by atoms with E-state index in [0.29, 0.717) is 11.6 Å². The van der Waals surface area contributed by atoms with E-state index in [4.69, 9.17) is 4.74 Å². The number of hydrogen-bond acceptors (Lipinski definition) is 5. The van der Waals surface area contributed by atoms with Crippen LogP contribution in [0, 0.1) is 0 Å². The van der Waals surface area contributed by atoms with Crippen molar-refractivity contribution in [3.63, 3.8) is 0 Å². The number of rotatable bonds is 4. The van der Waals surface area contributed by atoms with Gasteiger partial charge in [0.25, 0.3) is 0 Å². The van der Waals surface area contributed by atoms with Gasteiger partial charge in [0.2, 0.25) is 0 Å². The van der Waals surface area contributed by atoms with Gasteiger partial charge in [-0.25, -0.2) is 4.98 Å². The van der Waals surface area contributed by atoms with Crippen LogP contribution in [0.25, 0.3) is 0 Å². The number of ketones is 1. The fourth-order valence-electron chi connectivity index (χ4n) is 1.16. The maximum Gasteiger partial charge on any atom is 0.318 e.